The van der Waals surface area contributed by atoms with Crippen LogP contribution in [0.4, 0.5) is 0 Å². The Hall–Kier alpha value is -2.47. The van der Waals surface area contributed by atoms with Gasteiger partial charge in [-0.3, -0.25) is 9.79 Å². The normalized spacial score (nSPS) is 20.4. The summed E-state index contributed by atoms with van der Waals surface area (Å²) in [5.41, 5.74) is 1.13. The zero-order valence-electron chi connectivity index (χ0n) is 17.2. The van der Waals surface area contributed by atoms with E-state index in [2.05, 4.69) is 17.1 Å². The third-order valence-corrected chi connectivity index (χ3v) is 7.23. The summed E-state index contributed by atoms with van der Waals surface area (Å²) in [6, 6.07) is 19.1. The molecule has 1 heterocycles. The number of nitrogens with zero attached hydrogens (tertiary/aromatic N) is 2. The van der Waals surface area contributed by atoms with Gasteiger partial charge in [-0.15, -0.1) is 0 Å². The monoisotopic (exact) mass is 412 g/mol. The fourth-order valence-electron chi connectivity index (χ4n) is 3.66. The van der Waals surface area contributed by atoms with Gasteiger partial charge in [0.05, 0.1) is 5.54 Å². The summed E-state index contributed by atoms with van der Waals surface area (Å²) < 4.78 is 27.5. The van der Waals surface area contributed by atoms with E-state index in [0.29, 0.717) is 12.1 Å². The standard InChI is InChI=1S/C23H28N2O3S/c1-23(2,3)25-22(26)20(21(29(25,27)28)19-15-8-5-9-16-19)24-17-11-10-14-18-12-6-4-7-13-18/h4-9,12-13,15-16,21H,10-11,14,17H2,1-3H3. The van der Waals surface area contributed by atoms with Gasteiger partial charge in [0.1, 0.15) is 5.71 Å². The van der Waals surface area contributed by atoms with Crippen molar-refractivity contribution in [3.05, 3.63) is 71.8 Å². The zero-order valence-corrected chi connectivity index (χ0v) is 18.0. The van der Waals surface area contributed by atoms with Crippen molar-refractivity contribution in [3.8, 4) is 0 Å². The molecule has 2 aromatic rings. The van der Waals surface area contributed by atoms with Gasteiger partial charge in [0, 0.05) is 6.54 Å². The largest absolute Gasteiger partial charge is 0.283 e. The van der Waals surface area contributed by atoms with E-state index < -0.39 is 26.7 Å². The summed E-state index contributed by atoms with van der Waals surface area (Å²) in [5, 5.41) is -1.04. The van der Waals surface area contributed by atoms with E-state index in [9.17, 15) is 13.2 Å². The number of aliphatic imine (C=N–C) groups is 1. The molecule has 0 bridgehead atoms. The molecule has 6 heteroatoms. The van der Waals surface area contributed by atoms with Gasteiger partial charge in [-0.2, -0.15) is 0 Å². The highest BCUT2D eigenvalue weighted by molar-refractivity contribution is 7.91. The van der Waals surface area contributed by atoms with Crippen LogP contribution in [0, 0.1) is 0 Å². The molecule has 0 radical (unpaired) electrons. The van der Waals surface area contributed by atoms with Gasteiger partial charge in [-0.1, -0.05) is 60.7 Å². The smallest absolute Gasteiger partial charge is 0.282 e. The van der Waals surface area contributed by atoms with Crippen LogP contribution in [-0.4, -0.2) is 36.4 Å². The molecule has 154 valence electrons. The number of rotatable bonds is 6. The first-order valence-corrected chi connectivity index (χ1v) is 11.4. The van der Waals surface area contributed by atoms with Crippen LogP contribution in [0.15, 0.2) is 65.7 Å². The summed E-state index contributed by atoms with van der Waals surface area (Å²) in [5.74, 6) is -0.505. The van der Waals surface area contributed by atoms with Gasteiger partial charge < -0.3 is 0 Å². The fraction of sp³-hybridized carbons (Fsp3) is 0.391. The van der Waals surface area contributed by atoms with E-state index in [0.717, 1.165) is 23.6 Å². The Morgan fingerprint density at radius 1 is 0.931 bits per heavy atom. The summed E-state index contributed by atoms with van der Waals surface area (Å²) in [6.45, 7) is 5.62. The molecule has 5 nitrogen and oxygen atoms in total. The predicted octanol–water partition coefficient (Wildman–Crippen LogP) is 4.16. The zero-order chi connectivity index (χ0) is 21.1. The molecular formula is C23H28N2O3S. The maximum atomic E-state index is 13.3. The quantitative estimate of drug-likeness (QED) is 0.669. The van der Waals surface area contributed by atoms with Crippen molar-refractivity contribution in [2.24, 2.45) is 4.99 Å². The lowest BCUT2D eigenvalue weighted by Crippen LogP contribution is -2.45. The molecule has 0 aromatic heterocycles. The molecule has 1 saturated heterocycles. The molecule has 0 aliphatic carbocycles. The minimum Gasteiger partial charge on any atom is -0.282 e. The van der Waals surface area contributed by atoms with Gasteiger partial charge in [-0.25, -0.2) is 12.7 Å². The Morgan fingerprint density at radius 3 is 2.10 bits per heavy atom. The molecule has 1 atom stereocenters. The Kier molecular flexibility index (Phi) is 6.22. The van der Waals surface area contributed by atoms with E-state index >= 15 is 0 Å². The number of hydrogen-bond acceptors (Lipinski definition) is 4. The van der Waals surface area contributed by atoms with Crippen molar-refractivity contribution >= 4 is 21.6 Å². The van der Waals surface area contributed by atoms with Crippen molar-refractivity contribution < 1.29 is 13.2 Å². The Labute approximate surface area is 173 Å². The number of carbonyl (C=O) groups is 1. The van der Waals surface area contributed by atoms with E-state index in [4.69, 9.17) is 0 Å². The SMILES string of the molecule is CC(C)(C)N1C(=O)C(=NCCCCc2ccccc2)C(c2ccccc2)S1(=O)=O. The number of aryl methyl sites for hydroxylation is 1. The Balaban J connectivity index is 1.82. The number of amides is 1. The highest BCUT2D eigenvalue weighted by Gasteiger charge is 2.54. The molecule has 29 heavy (non-hydrogen) atoms. The van der Waals surface area contributed by atoms with Gasteiger partial charge in [0.25, 0.3) is 15.9 Å². The van der Waals surface area contributed by atoms with Crippen LogP contribution in [0.5, 0.6) is 0 Å². The van der Waals surface area contributed by atoms with Crippen LogP contribution in [0.2, 0.25) is 0 Å². The molecular weight excluding hydrogens is 384 g/mol. The number of unbranched alkanes of at least 4 members (excludes halogenated alkanes) is 1. The Morgan fingerprint density at radius 2 is 1.52 bits per heavy atom. The van der Waals surface area contributed by atoms with E-state index in [1.165, 1.54) is 5.56 Å². The van der Waals surface area contributed by atoms with Crippen LogP contribution in [-0.2, 0) is 21.2 Å². The topological polar surface area (TPSA) is 66.8 Å². The number of hydrogen-bond donors (Lipinski definition) is 0. The van der Waals surface area contributed by atoms with E-state index in [1.54, 1.807) is 45.0 Å². The number of benzene rings is 2. The van der Waals surface area contributed by atoms with Crippen LogP contribution < -0.4 is 0 Å². The minimum absolute atomic E-state index is 0.130. The second-order valence-electron chi connectivity index (χ2n) is 8.29. The molecule has 0 saturated carbocycles. The highest BCUT2D eigenvalue weighted by atomic mass is 32.2. The maximum absolute atomic E-state index is 13.3. The molecule has 0 N–H and O–H groups in total. The maximum Gasteiger partial charge on any atom is 0.283 e. The third kappa shape index (κ3) is 4.58. The Bertz CT molecular complexity index is 978. The number of carbonyl (C=O) groups excluding carboxylic acids is 1. The number of sulfonamides is 1. The fourth-order valence-corrected chi connectivity index (χ4v) is 5.92. The van der Waals surface area contributed by atoms with Crippen LogP contribution in [0.3, 0.4) is 0 Å². The lowest BCUT2D eigenvalue weighted by molar-refractivity contribution is -0.122. The van der Waals surface area contributed by atoms with Gasteiger partial charge >= 0.3 is 0 Å². The summed E-state index contributed by atoms with van der Waals surface area (Å²) in [6.07, 6.45) is 2.66. The van der Waals surface area contributed by atoms with Crippen LogP contribution in [0.1, 0.15) is 50.0 Å². The van der Waals surface area contributed by atoms with Gasteiger partial charge in [0.15, 0.2) is 5.25 Å². The van der Waals surface area contributed by atoms with Crippen molar-refractivity contribution in [1.82, 2.24) is 4.31 Å². The van der Waals surface area contributed by atoms with E-state index in [-0.39, 0.29) is 5.71 Å². The second kappa shape index (κ2) is 8.49. The lowest BCUT2D eigenvalue weighted by Gasteiger charge is -2.30. The van der Waals surface area contributed by atoms with Crippen molar-refractivity contribution in [2.75, 3.05) is 6.54 Å². The summed E-state index contributed by atoms with van der Waals surface area (Å²) >= 11 is 0. The van der Waals surface area contributed by atoms with Gasteiger partial charge in [0.2, 0.25) is 0 Å². The lowest BCUT2D eigenvalue weighted by atomic mass is 10.0. The van der Waals surface area contributed by atoms with Crippen molar-refractivity contribution in [2.45, 2.75) is 50.8 Å². The minimum atomic E-state index is -3.87. The van der Waals surface area contributed by atoms with Crippen molar-refractivity contribution in [1.29, 1.82) is 0 Å². The molecule has 1 amide bonds. The molecule has 0 spiro atoms. The summed E-state index contributed by atoms with van der Waals surface area (Å²) in [4.78, 5) is 17.6. The van der Waals surface area contributed by atoms with Gasteiger partial charge in [-0.05, 0) is 51.2 Å². The first kappa shape index (κ1) is 21.2. The van der Waals surface area contributed by atoms with Crippen molar-refractivity contribution in [3.63, 3.8) is 0 Å². The second-order valence-corrected chi connectivity index (χ2v) is 10.2. The highest BCUT2D eigenvalue weighted by Crippen LogP contribution is 2.38. The average molecular weight is 413 g/mol. The first-order valence-electron chi connectivity index (χ1n) is 9.95. The van der Waals surface area contributed by atoms with Crippen LogP contribution in [0.25, 0.3) is 0 Å². The molecule has 3 rings (SSSR count). The third-order valence-electron chi connectivity index (χ3n) is 4.91. The molecule has 1 fully saturated rings. The summed E-state index contributed by atoms with van der Waals surface area (Å²) in [7, 11) is -3.87. The van der Waals surface area contributed by atoms with Crippen LogP contribution >= 0.6 is 0 Å². The molecule has 1 aliphatic rings. The van der Waals surface area contributed by atoms with E-state index in [1.807, 2.05) is 24.3 Å². The predicted molar refractivity (Wildman–Crippen MR) is 116 cm³/mol. The average Bonchev–Trinajstić information content (AvgIpc) is 2.87. The molecule has 1 aliphatic heterocycles. The first-order chi connectivity index (χ1) is 13.7. The molecule has 2 aromatic carbocycles. The molecule has 1 unspecified atom stereocenters.